The van der Waals surface area contributed by atoms with E-state index >= 15 is 0 Å². The third kappa shape index (κ3) is 8.66. The summed E-state index contributed by atoms with van der Waals surface area (Å²) < 4.78 is 9.77. The minimum Gasteiger partial charge on any atom is -0.354 e. The average molecular weight is 610 g/mol. The molecule has 1 aliphatic heterocycles. The van der Waals surface area contributed by atoms with Crippen LogP contribution in [0.1, 0.15) is 72.5 Å². The predicted octanol–water partition coefficient (Wildman–Crippen LogP) is 1.73. The van der Waals surface area contributed by atoms with E-state index in [4.69, 9.17) is 0 Å². The summed E-state index contributed by atoms with van der Waals surface area (Å²) in [6, 6.07) is 8.08. The third-order valence-corrected chi connectivity index (χ3v) is 7.80. The van der Waals surface area contributed by atoms with Gasteiger partial charge in [0.1, 0.15) is 18.4 Å². The highest BCUT2D eigenvalue weighted by molar-refractivity contribution is 6.99. The molecule has 0 aliphatic carbocycles. The number of aryl methyl sites for hydroxylation is 2. The number of nitrogens with one attached hydrogen (secondary N) is 3. The predicted molar refractivity (Wildman–Crippen MR) is 160 cm³/mol. The Morgan fingerprint density at radius 3 is 2.47 bits per heavy atom. The summed E-state index contributed by atoms with van der Waals surface area (Å²) in [6.45, 7) is 8.30. The first-order valence-electron chi connectivity index (χ1n) is 14.5. The first-order chi connectivity index (χ1) is 20.6. The number of hydrogen-bond donors (Lipinski definition) is 3. The molecule has 1 aliphatic rings. The molecule has 0 radical (unpaired) electrons. The number of benzene rings is 1. The average Bonchev–Trinajstić information content (AvgIpc) is 3.56. The van der Waals surface area contributed by atoms with Crippen molar-refractivity contribution in [2.75, 3.05) is 19.6 Å². The van der Waals surface area contributed by atoms with Crippen LogP contribution in [0.5, 0.6) is 0 Å². The van der Waals surface area contributed by atoms with E-state index in [1.165, 1.54) is 4.68 Å². The van der Waals surface area contributed by atoms with E-state index < -0.39 is 12.1 Å². The summed E-state index contributed by atoms with van der Waals surface area (Å²) in [4.78, 5) is 59.2. The van der Waals surface area contributed by atoms with Gasteiger partial charge < -0.3 is 20.9 Å². The van der Waals surface area contributed by atoms with Crippen LogP contribution < -0.4 is 16.0 Å². The highest BCUT2D eigenvalue weighted by atomic mass is 32.1. The summed E-state index contributed by atoms with van der Waals surface area (Å²) in [5.74, 6) is -0.313. The number of carbonyl (C=O) groups excluding carboxylic acids is 4. The van der Waals surface area contributed by atoms with E-state index in [9.17, 15) is 19.2 Å². The van der Waals surface area contributed by atoms with Gasteiger partial charge in [0, 0.05) is 32.5 Å². The van der Waals surface area contributed by atoms with Gasteiger partial charge in [-0.3, -0.25) is 19.2 Å². The molecule has 14 heteroatoms. The lowest BCUT2D eigenvalue weighted by Gasteiger charge is -2.26. The van der Waals surface area contributed by atoms with Gasteiger partial charge >= 0.3 is 0 Å². The summed E-state index contributed by atoms with van der Waals surface area (Å²) >= 11 is 0.974. The lowest BCUT2D eigenvalue weighted by Crippen LogP contribution is -2.50. The lowest BCUT2D eigenvalue weighted by molar-refractivity contribution is -0.129. The molecule has 0 bridgehead atoms. The number of hydrogen-bond acceptors (Lipinski definition) is 9. The van der Waals surface area contributed by atoms with Crippen LogP contribution in [0, 0.1) is 19.8 Å². The van der Waals surface area contributed by atoms with E-state index in [1.54, 1.807) is 18.7 Å². The molecule has 0 unspecified atom stereocenters. The normalized spacial score (nSPS) is 19.6. The minimum atomic E-state index is -0.850. The van der Waals surface area contributed by atoms with Crippen LogP contribution in [0.15, 0.2) is 30.3 Å². The molecule has 0 saturated heterocycles. The van der Waals surface area contributed by atoms with E-state index in [2.05, 4.69) is 34.8 Å². The third-order valence-electron chi connectivity index (χ3n) is 7.18. The molecular formula is C29H39N9O4S. The van der Waals surface area contributed by atoms with Crippen LogP contribution >= 0.6 is 11.7 Å². The fourth-order valence-electron chi connectivity index (χ4n) is 4.94. The molecule has 0 saturated carbocycles. The van der Waals surface area contributed by atoms with Crippen molar-refractivity contribution in [3.8, 4) is 0 Å². The molecule has 2 aromatic heterocycles. The van der Waals surface area contributed by atoms with Gasteiger partial charge in [-0.2, -0.15) is 13.8 Å². The highest BCUT2D eigenvalue weighted by Crippen LogP contribution is 2.21. The van der Waals surface area contributed by atoms with Crippen molar-refractivity contribution in [2.45, 2.75) is 72.0 Å². The molecule has 3 heterocycles. The van der Waals surface area contributed by atoms with Crippen molar-refractivity contribution < 1.29 is 19.2 Å². The lowest BCUT2D eigenvalue weighted by atomic mass is 10.0. The zero-order valence-corrected chi connectivity index (χ0v) is 25.8. The maximum absolute atomic E-state index is 13.7. The van der Waals surface area contributed by atoms with Gasteiger partial charge in [0.25, 0.3) is 5.91 Å². The molecular weight excluding hydrogens is 570 g/mol. The number of aromatic nitrogens is 5. The van der Waals surface area contributed by atoms with Gasteiger partial charge in [-0.05, 0) is 38.2 Å². The summed E-state index contributed by atoms with van der Waals surface area (Å²) in [6.07, 6.45) is 1.30. The second kappa shape index (κ2) is 14.8. The fraction of sp³-hybridized carbons (Fsp3) is 0.517. The Bertz CT molecular complexity index is 1420. The molecule has 0 fully saturated rings. The topological polar surface area (TPSA) is 164 Å². The van der Waals surface area contributed by atoms with Crippen molar-refractivity contribution in [3.05, 3.63) is 58.9 Å². The van der Waals surface area contributed by atoms with Crippen LogP contribution in [0.4, 0.5) is 0 Å². The maximum atomic E-state index is 13.7. The largest absolute Gasteiger partial charge is 0.354 e. The molecule has 4 rings (SSSR count). The number of rotatable bonds is 4. The van der Waals surface area contributed by atoms with E-state index in [-0.39, 0.29) is 54.6 Å². The molecule has 3 N–H and O–H groups in total. The van der Waals surface area contributed by atoms with Crippen LogP contribution in [0.2, 0.25) is 0 Å². The SMILES string of the molecule is Cc1nc2n(n1)CC(=O)NCCCN(C(=O)c1nsnc1C)CCCC(=O)N[C@H](Cc1ccccc1)C(=O)N[C@H]2C(C)C. The molecule has 0 spiro atoms. The Morgan fingerprint density at radius 2 is 1.77 bits per heavy atom. The Hall–Kier alpha value is -4.20. The number of fused-ring (bicyclic) bond motifs is 1. The minimum absolute atomic E-state index is 0.0758. The summed E-state index contributed by atoms with van der Waals surface area (Å²) in [7, 11) is 0. The first kappa shape index (κ1) is 31.7. The van der Waals surface area contributed by atoms with Crippen molar-refractivity contribution in [1.82, 2.24) is 44.4 Å². The molecule has 43 heavy (non-hydrogen) atoms. The second-order valence-electron chi connectivity index (χ2n) is 11.0. The quantitative estimate of drug-likeness (QED) is 0.403. The number of amides is 4. The molecule has 230 valence electrons. The second-order valence-corrected chi connectivity index (χ2v) is 11.5. The fourth-order valence-corrected chi connectivity index (χ4v) is 5.48. The zero-order chi connectivity index (χ0) is 30.9. The van der Waals surface area contributed by atoms with Gasteiger partial charge in [-0.15, -0.1) is 0 Å². The van der Waals surface area contributed by atoms with Crippen molar-refractivity contribution >= 4 is 35.4 Å². The maximum Gasteiger partial charge on any atom is 0.275 e. The monoisotopic (exact) mass is 609 g/mol. The van der Waals surface area contributed by atoms with Crippen LogP contribution in [-0.2, 0) is 27.3 Å². The number of nitrogens with zero attached hydrogens (tertiary/aromatic N) is 6. The van der Waals surface area contributed by atoms with Crippen molar-refractivity contribution in [2.24, 2.45) is 5.92 Å². The van der Waals surface area contributed by atoms with Gasteiger partial charge in [-0.1, -0.05) is 44.2 Å². The van der Waals surface area contributed by atoms with Gasteiger partial charge in [-0.25, -0.2) is 9.67 Å². The Balaban J connectivity index is 1.61. The Labute approximate surface area is 255 Å². The van der Waals surface area contributed by atoms with Crippen LogP contribution in [0.3, 0.4) is 0 Å². The van der Waals surface area contributed by atoms with E-state index in [1.807, 2.05) is 44.2 Å². The Morgan fingerprint density at radius 1 is 1.02 bits per heavy atom. The summed E-state index contributed by atoms with van der Waals surface area (Å²) in [5.41, 5.74) is 1.73. The molecule has 4 amide bonds. The van der Waals surface area contributed by atoms with Gasteiger partial charge in [0.15, 0.2) is 11.5 Å². The molecule has 2 atom stereocenters. The van der Waals surface area contributed by atoms with Crippen molar-refractivity contribution in [1.29, 1.82) is 0 Å². The first-order valence-corrected chi connectivity index (χ1v) is 15.3. The smallest absolute Gasteiger partial charge is 0.275 e. The number of carbonyl (C=O) groups is 4. The van der Waals surface area contributed by atoms with Crippen LogP contribution in [-0.4, -0.2) is 77.7 Å². The van der Waals surface area contributed by atoms with Crippen LogP contribution in [0.25, 0.3) is 0 Å². The molecule has 1 aromatic carbocycles. The van der Waals surface area contributed by atoms with Crippen molar-refractivity contribution in [3.63, 3.8) is 0 Å². The van der Waals surface area contributed by atoms with Gasteiger partial charge in [0.2, 0.25) is 17.7 Å². The highest BCUT2D eigenvalue weighted by Gasteiger charge is 2.30. The Kier molecular flexibility index (Phi) is 10.9. The van der Waals surface area contributed by atoms with E-state index in [0.717, 1.165) is 17.3 Å². The molecule has 3 aromatic rings. The van der Waals surface area contributed by atoms with Gasteiger partial charge in [0.05, 0.1) is 23.5 Å². The zero-order valence-electron chi connectivity index (χ0n) is 25.0. The molecule has 13 nitrogen and oxygen atoms in total. The van der Waals surface area contributed by atoms with E-state index in [0.29, 0.717) is 49.8 Å². The standard InChI is InChI=1S/C29H39N9O4S/c1-18(2)25-27-31-20(4)34-38(27)17-24(40)30-13-9-15-37(29(42)26-19(3)35-43-36-26)14-8-12-23(39)32-22(28(41)33-25)16-21-10-6-5-7-11-21/h5-7,10-11,18,22,25H,8-9,12-17H2,1-4H3,(H,30,40)(H,32,39)(H,33,41)/t22-,25+/m1/s1. The summed E-state index contributed by atoms with van der Waals surface area (Å²) in [5, 5.41) is 13.3.